The number of hydrogen-bond acceptors (Lipinski definition) is 6. The molecule has 2 aromatic rings. The van der Waals surface area contributed by atoms with Crippen molar-refractivity contribution in [2.75, 3.05) is 0 Å². The number of hydrogen-bond donors (Lipinski definition) is 0. The summed E-state index contributed by atoms with van der Waals surface area (Å²) in [7, 11) is 0. The Hall–Kier alpha value is -2.11. The molecule has 6 nitrogen and oxygen atoms in total. The lowest BCUT2D eigenvalue weighted by Gasteiger charge is -1.87. The van der Waals surface area contributed by atoms with Crippen molar-refractivity contribution in [2.24, 2.45) is 0 Å². The highest BCUT2D eigenvalue weighted by Gasteiger charge is 2.06. The molecule has 0 amide bonds. The van der Waals surface area contributed by atoms with E-state index in [1.54, 1.807) is 6.07 Å². The van der Waals surface area contributed by atoms with E-state index in [0.29, 0.717) is 17.7 Å². The van der Waals surface area contributed by atoms with Crippen molar-refractivity contribution >= 4 is 6.29 Å². The number of carbonyl (C=O) groups excluding carboxylic acids is 1. The van der Waals surface area contributed by atoms with E-state index in [1.807, 2.05) is 0 Å². The van der Waals surface area contributed by atoms with Crippen molar-refractivity contribution in [3.8, 4) is 11.4 Å². The van der Waals surface area contributed by atoms with Crippen molar-refractivity contribution in [2.45, 2.75) is 0 Å². The molecule has 64 valence electrons. The fraction of sp³-hybridized carbons (Fsp3) is 0. The average Bonchev–Trinajstić information content (AvgIpc) is 2.67. The Labute approximate surface area is 72.6 Å². The van der Waals surface area contributed by atoms with E-state index in [-0.39, 0.29) is 5.89 Å². The van der Waals surface area contributed by atoms with Crippen LogP contribution in [0.15, 0.2) is 23.0 Å². The van der Waals surface area contributed by atoms with Gasteiger partial charge in [-0.15, -0.1) is 0 Å². The van der Waals surface area contributed by atoms with Gasteiger partial charge in [-0.05, 0) is 6.07 Å². The quantitative estimate of drug-likeness (QED) is 0.613. The third kappa shape index (κ3) is 1.41. The minimum Gasteiger partial charge on any atom is -0.331 e. The summed E-state index contributed by atoms with van der Waals surface area (Å²) in [5.41, 5.74) is 0.659. The highest BCUT2D eigenvalue weighted by Crippen LogP contribution is 2.11. The largest absolute Gasteiger partial charge is 0.331 e. The van der Waals surface area contributed by atoms with Crippen LogP contribution in [-0.2, 0) is 0 Å². The molecule has 0 atom stereocenters. The molecule has 0 aliphatic carbocycles. The highest BCUT2D eigenvalue weighted by atomic mass is 16.5. The summed E-state index contributed by atoms with van der Waals surface area (Å²) in [6, 6.07) is 1.67. The van der Waals surface area contributed by atoms with Crippen LogP contribution in [0, 0.1) is 0 Å². The summed E-state index contributed by atoms with van der Waals surface area (Å²) in [5.74, 6) is 0.281. The van der Waals surface area contributed by atoms with E-state index in [0.717, 1.165) is 0 Å². The fourth-order valence-electron chi connectivity index (χ4n) is 0.823. The van der Waals surface area contributed by atoms with Crippen LogP contribution in [0.4, 0.5) is 0 Å². The summed E-state index contributed by atoms with van der Waals surface area (Å²) in [6.07, 6.45) is 3.48. The maximum atomic E-state index is 10.2. The number of aldehydes is 1. The molecule has 0 N–H and O–H groups in total. The Kier molecular flexibility index (Phi) is 1.79. The normalized spacial score (nSPS) is 9.85. The SMILES string of the molecule is O=Cc1nc(-c2ccnnc2)no1. The van der Waals surface area contributed by atoms with Gasteiger partial charge in [-0.1, -0.05) is 5.16 Å². The van der Waals surface area contributed by atoms with Gasteiger partial charge in [0.15, 0.2) is 0 Å². The van der Waals surface area contributed by atoms with E-state index >= 15 is 0 Å². The maximum absolute atomic E-state index is 10.2. The first-order valence-corrected chi connectivity index (χ1v) is 3.46. The first-order valence-electron chi connectivity index (χ1n) is 3.46. The van der Waals surface area contributed by atoms with Gasteiger partial charge in [0, 0.05) is 5.56 Å². The Morgan fingerprint density at radius 3 is 2.92 bits per heavy atom. The molecule has 6 heteroatoms. The number of carbonyl (C=O) groups is 1. The van der Waals surface area contributed by atoms with E-state index in [4.69, 9.17) is 0 Å². The van der Waals surface area contributed by atoms with E-state index in [1.165, 1.54) is 12.4 Å². The smallest absolute Gasteiger partial charge is 0.291 e. The van der Waals surface area contributed by atoms with Gasteiger partial charge >= 0.3 is 0 Å². The summed E-state index contributed by atoms with van der Waals surface area (Å²) < 4.78 is 4.59. The van der Waals surface area contributed by atoms with Gasteiger partial charge in [-0.2, -0.15) is 15.2 Å². The highest BCUT2D eigenvalue weighted by molar-refractivity contribution is 5.68. The average molecular weight is 176 g/mol. The Bertz CT molecular complexity index is 411. The zero-order valence-corrected chi connectivity index (χ0v) is 6.41. The van der Waals surface area contributed by atoms with Gasteiger partial charge < -0.3 is 4.52 Å². The molecule has 0 radical (unpaired) electrons. The van der Waals surface area contributed by atoms with Crippen LogP contribution in [0.1, 0.15) is 10.7 Å². The second-order valence-corrected chi connectivity index (χ2v) is 2.21. The summed E-state index contributed by atoms with van der Waals surface area (Å²) >= 11 is 0. The van der Waals surface area contributed by atoms with Crippen LogP contribution in [0.3, 0.4) is 0 Å². The van der Waals surface area contributed by atoms with Crippen molar-refractivity contribution in [3.05, 3.63) is 24.4 Å². The van der Waals surface area contributed by atoms with Gasteiger partial charge in [0.1, 0.15) is 0 Å². The second-order valence-electron chi connectivity index (χ2n) is 2.21. The monoisotopic (exact) mass is 176 g/mol. The second kappa shape index (κ2) is 3.10. The molecule has 2 heterocycles. The molecule has 0 saturated heterocycles. The molecule has 0 aliphatic heterocycles. The lowest BCUT2D eigenvalue weighted by atomic mass is 10.3. The Morgan fingerprint density at radius 1 is 1.38 bits per heavy atom. The lowest BCUT2D eigenvalue weighted by Crippen LogP contribution is -1.84. The van der Waals surface area contributed by atoms with Gasteiger partial charge in [0.05, 0.1) is 12.4 Å². The molecule has 0 bridgehead atoms. The molecule has 0 spiro atoms. The molecule has 13 heavy (non-hydrogen) atoms. The van der Waals surface area contributed by atoms with Crippen molar-refractivity contribution in [1.82, 2.24) is 20.3 Å². The maximum Gasteiger partial charge on any atom is 0.291 e. The van der Waals surface area contributed by atoms with Crippen molar-refractivity contribution in [1.29, 1.82) is 0 Å². The van der Waals surface area contributed by atoms with Gasteiger partial charge in [-0.25, -0.2) is 0 Å². The van der Waals surface area contributed by atoms with E-state index < -0.39 is 0 Å². The molecular weight excluding hydrogens is 172 g/mol. The van der Waals surface area contributed by atoms with Crippen molar-refractivity contribution < 1.29 is 9.32 Å². The van der Waals surface area contributed by atoms with E-state index in [2.05, 4.69) is 24.9 Å². The van der Waals surface area contributed by atoms with Crippen LogP contribution < -0.4 is 0 Å². The molecule has 0 saturated carbocycles. The first-order chi connectivity index (χ1) is 6.40. The molecule has 2 rings (SSSR count). The molecule has 0 aromatic carbocycles. The molecule has 0 unspecified atom stereocenters. The zero-order chi connectivity index (χ0) is 9.10. The summed E-state index contributed by atoms with van der Waals surface area (Å²) in [4.78, 5) is 14.0. The van der Waals surface area contributed by atoms with Gasteiger partial charge in [-0.3, -0.25) is 4.79 Å². The predicted molar refractivity (Wildman–Crippen MR) is 40.7 cm³/mol. The summed E-state index contributed by atoms with van der Waals surface area (Å²) in [5, 5.41) is 10.8. The third-order valence-corrected chi connectivity index (χ3v) is 1.39. The molecule has 2 aromatic heterocycles. The third-order valence-electron chi connectivity index (χ3n) is 1.39. The first kappa shape index (κ1) is 7.53. The molecule has 0 aliphatic rings. The lowest BCUT2D eigenvalue weighted by molar-refractivity contribution is 0.108. The Balaban J connectivity index is 2.41. The topological polar surface area (TPSA) is 81.8 Å². The summed E-state index contributed by atoms with van der Waals surface area (Å²) in [6.45, 7) is 0. The van der Waals surface area contributed by atoms with Crippen LogP contribution in [-0.4, -0.2) is 26.6 Å². The number of rotatable bonds is 2. The Morgan fingerprint density at radius 2 is 2.31 bits per heavy atom. The van der Waals surface area contributed by atoms with Crippen LogP contribution in [0.25, 0.3) is 11.4 Å². The standard InChI is InChI=1S/C7H4N4O2/c12-4-6-10-7(11-13-6)5-1-2-8-9-3-5/h1-4H. The molecular formula is C7H4N4O2. The predicted octanol–water partition coefficient (Wildman–Crippen LogP) is 0.339. The fourth-order valence-corrected chi connectivity index (χ4v) is 0.823. The van der Waals surface area contributed by atoms with Crippen LogP contribution >= 0.6 is 0 Å². The van der Waals surface area contributed by atoms with Gasteiger partial charge in [0.25, 0.3) is 5.89 Å². The van der Waals surface area contributed by atoms with Gasteiger partial charge in [0.2, 0.25) is 12.1 Å². The minimum atomic E-state index is -0.0492. The van der Waals surface area contributed by atoms with Crippen LogP contribution in [0.5, 0.6) is 0 Å². The van der Waals surface area contributed by atoms with Crippen LogP contribution in [0.2, 0.25) is 0 Å². The molecule has 0 fully saturated rings. The van der Waals surface area contributed by atoms with E-state index in [9.17, 15) is 4.79 Å². The minimum absolute atomic E-state index is 0.0492. The number of aromatic nitrogens is 4. The number of nitrogens with zero attached hydrogens (tertiary/aromatic N) is 4. The van der Waals surface area contributed by atoms with Crippen molar-refractivity contribution in [3.63, 3.8) is 0 Å². The zero-order valence-electron chi connectivity index (χ0n) is 6.41.